The first-order valence-corrected chi connectivity index (χ1v) is 33.3. The topological polar surface area (TPSA) is 259 Å². The molecule has 0 aromatic heterocycles. The average Bonchev–Trinajstić information content (AvgIpc) is 1.53. The summed E-state index contributed by atoms with van der Waals surface area (Å²) in [6.45, 7) is 6.70. The Hall–Kier alpha value is -7.52. The largest absolute Gasteiger partial charge is 0.417 e. The predicted octanol–water partition coefficient (Wildman–Crippen LogP) is 5.99. The van der Waals surface area contributed by atoms with Gasteiger partial charge in [-0.2, -0.15) is 26.3 Å². The van der Waals surface area contributed by atoms with E-state index in [2.05, 4.69) is 21.3 Å². The Morgan fingerprint density at radius 2 is 1.21 bits per heavy atom. The molecular formula is C67H94ClF6N11O11. The van der Waals surface area contributed by atoms with Crippen LogP contribution in [0.25, 0.3) is 0 Å². The zero-order valence-electron chi connectivity index (χ0n) is 56.7. The van der Waals surface area contributed by atoms with Gasteiger partial charge in [0, 0.05) is 67.7 Å². The highest BCUT2D eigenvalue weighted by Crippen LogP contribution is 2.38. The molecule has 2 aromatic carbocycles. The number of hydrogen-bond donors (Lipinski definition) is 4. The molecule has 6 rings (SSSR count). The van der Waals surface area contributed by atoms with Gasteiger partial charge in [-0.15, -0.1) is 0 Å². The normalized spacial score (nSPS) is 25.4. The lowest BCUT2D eigenvalue weighted by atomic mass is 9.90. The van der Waals surface area contributed by atoms with Gasteiger partial charge in [-0.3, -0.25) is 52.7 Å². The lowest BCUT2D eigenvalue weighted by molar-refractivity contribution is -0.149. The molecule has 0 radical (unpaired) electrons. The molecule has 2 heterocycles. The maximum Gasteiger partial charge on any atom is 0.417 e. The van der Waals surface area contributed by atoms with Crippen LogP contribution in [0.5, 0.6) is 0 Å². The Morgan fingerprint density at radius 3 is 1.79 bits per heavy atom. The van der Waals surface area contributed by atoms with Gasteiger partial charge >= 0.3 is 12.4 Å². The minimum absolute atomic E-state index is 0.0130. The van der Waals surface area contributed by atoms with Crippen molar-refractivity contribution in [3.05, 3.63) is 69.7 Å². The van der Waals surface area contributed by atoms with Gasteiger partial charge in [0.05, 0.1) is 35.8 Å². The molecular weight excluding hydrogens is 1280 g/mol. The van der Waals surface area contributed by atoms with Crippen molar-refractivity contribution in [2.45, 2.75) is 198 Å². The van der Waals surface area contributed by atoms with E-state index in [1.165, 1.54) is 57.0 Å². The molecule has 2 saturated heterocycles. The standard InChI is InChI=1S/C67H94ClF6N11O11/c1-12-40(4)56-63(95)81(8)37-54(88)79(6)38-55(89)83(10)51(35-43-21-25-45(26-22-43)66(69,70)71)62(94)80(7)36-52(86)76-48(28-24-42-23-27-46(47(68)34-42)67(72,73)74)61(93)85-31-17-20-49(85)59(91)78-65(29-15-16-30-65)64(96)84(11)57(44-18-13-14-19-44)60(92)75-41(5)33-53(87)82(9)50(32-39(2)3)58(90)77-56/h21-23,25-27,34,39-41,44,48-51,56-57H,12-20,24,28-33,35-38H2,1-11H3,(H,75,92)(H,76,86)(H,77,90)(H,78,91)/t40-,41+,48-,49-,50-,51-,56-,57-/m0/s1. The highest BCUT2D eigenvalue weighted by molar-refractivity contribution is 6.31. The molecule has 4 fully saturated rings. The van der Waals surface area contributed by atoms with E-state index in [1.807, 2.05) is 13.8 Å². The van der Waals surface area contributed by atoms with Gasteiger partial charge < -0.3 is 55.6 Å². The number of alkyl halides is 6. The second-order valence-electron chi connectivity index (χ2n) is 27.0. The molecule has 532 valence electrons. The molecule has 29 heteroatoms. The molecule has 2 aromatic rings. The summed E-state index contributed by atoms with van der Waals surface area (Å²) in [5, 5.41) is 10.8. The molecule has 2 saturated carbocycles. The predicted molar refractivity (Wildman–Crippen MR) is 344 cm³/mol. The van der Waals surface area contributed by atoms with Gasteiger partial charge in [0.25, 0.3) is 0 Å². The maximum atomic E-state index is 15.2. The van der Waals surface area contributed by atoms with E-state index >= 15 is 9.59 Å². The van der Waals surface area contributed by atoms with Crippen molar-refractivity contribution in [2.75, 3.05) is 68.5 Å². The average molecular weight is 1380 g/mol. The molecule has 0 unspecified atom stereocenters. The van der Waals surface area contributed by atoms with Crippen LogP contribution >= 0.6 is 11.6 Å². The third-order valence-electron chi connectivity index (χ3n) is 19.3. The molecule has 4 aliphatic rings. The van der Waals surface area contributed by atoms with Gasteiger partial charge in [-0.25, -0.2) is 0 Å². The third-order valence-corrected chi connectivity index (χ3v) is 19.6. The zero-order chi connectivity index (χ0) is 71.5. The minimum atomic E-state index is -4.80. The van der Waals surface area contributed by atoms with E-state index in [4.69, 9.17) is 11.6 Å². The number of nitrogens with one attached hydrogen (secondary N) is 4. The van der Waals surface area contributed by atoms with E-state index in [9.17, 15) is 69.5 Å². The van der Waals surface area contributed by atoms with Gasteiger partial charge in [0.1, 0.15) is 41.8 Å². The van der Waals surface area contributed by atoms with Crippen molar-refractivity contribution in [3.8, 4) is 0 Å². The number of carbonyl (C=O) groups excluding carboxylic acids is 11. The van der Waals surface area contributed by atoms with Crippen molar-refractivity contribution in [2.24, 2.45) is 17.8 Å². The fourth-order valence-corrected chi connectivity index (χ4v) is 13.7. The fourth-order valence-electron chi connectivity index (χ4n) is 13.4. The Morgan fingerprint density at radius 1 is 0.615 bits per heavy atom. The first kappa shape index (κ1) is 77.5. The molecule has 1 spiro atoms. The number of amides is 11. The summed E-state index contributed by atoms with van der Waals surface area (Å²) in [5.41, 5.74) is -3.27. The number of rotatable bonds is 10. The highest BCUT2D eigenvalue weighted by atomic mass is 35.5. The van der Waals surface area contributed by atoms with Crippen LogP contribution in [0.15, 0.2) is 42.5 Å². The number of carbonyl (C=O) groups is 11. The Kier molecular flexibility index (Phi) is 26.8. The van der Waals surface area contributed by atoms with Crippen molar-refractivity contribution in [1.29, 1.82) is 0 Å². The number of halogens is 7. The molecule has 96 heavy (non-hydrogen) atoms. The summed E-state index contributed by atoms with van der Waals surface area (Å²) in [6.07, 6.45) is -5.57. The van der Waals surface area contributed by atoms with Crippen molar-refractivity contribution >= 4 is 76.6 Å². The maximum absolute atomic E-state index is 15.2. The quantitative estimate of drug-likeness (QED) is 0.201. The third kappa shape index (κ3) is 19.6. The van der Waals surface area contributed by atoms with Crippen LogP contribution in [0.4, 0.5) is 26.3 Å². The number of fused-ring (bicyclic) bond motifs is 1. The van der Waals surface area contributed by atoms with Crippen molar-refractivity contribution < 1.29 is 79.1 Å². The lowest BCUT2D eigenvalue weighted by Gasteiger charge is -2.40. The van der Waals surface area contributed by atoms with Crippen LogP contribution in [0.1, 0.15) is 147 Å². The van der Waals surface area contributed by atoms with E-state index in [1.54, 1.807) is 20.8 Å². The number of hydrogen-bond acceptors (Lipinski definition) is 11. The van der Waals surface area contributed by atoms with E-state index in [0.29, 0.717) is 32.1 Å². The Balaban J connectivity index is 1.39. The van der Waals surface area contributed by atoms with Crippen LogP contribution in [-0.2, 0) is 77.9 Å². The van der Waals surface area contributed by atoms with Gasteiger partial charge in [-0.1, -0.05) is 89.6 Å². The van der Waals surface area contributed by atoms with Crippen molar-refractivity contribution in [3.63, 3.8) is 0 Å². The van der Waals surface area contributed by atoms with Crippen LogP contribution in [0.3, 0.4) is 0 Å². The minimum Gasteiger partial charge on any atom is -0.351 e. The number of benzene rings is 2. The highest BCUT2D eigenvalue weighted by Gasteiger charge is 2.50. The fraction of sp³-hybridized carbons (Fsp3) is 0.657. The molecule has 8 atom stereocenters. The van der Waals surface area contributed by atoms with Gasteiger partial charge in [0.15, 0.2) is 0 Å². The Bertz CT molecular complexity index is 3160. The van der Waals surface area contributed by atoms with Crippen LogP contribution in [0.2, 0.25) is 5.02 Å². The molecule has 2 aliphatic heterocycles. The van der Waals surface area contributed by atoms with Crippen LogP contribution < -0.4 is 21.3 Å². The lowest BCUT2D eigenvalue weighted by Crippen LogP contribution is -2.64. The summed E-state index contributed by atoms with van der Waals surface area (Å²) in [7, 11) is 7.94. The van der Waals surface area contributed by atoms with Gasteiger partial charge in [0.2, 0.25) is 65.0 Å². The first-order valence-electron chi connectivity index (χ1n) is 33.0. The van der Waals surface area contributed by atoms with Crippen LogP contribution in [0, 0.1) is 17.8 Å². The van der Waals surface area contributed by atoms with E-state index in [0.717, 1.165) is 74.9 Å². The summed E-state index contributed by atoms with van der Waals surface area (Å²) >= 11 is 6.10. The number of likely N-dealkylation sites (N-methyl/N-ethyl adjacent to an activating group) is 6. The summed E-state index contributed by atoms with van der Waals surface area (Å²) < 4.78 is 82.6. The first-order chi connectivity index (χ1) is 44.9. The Labute approximate surface area is 562 Å². The second-order valence-corrected chi connectivity index (χ2v) is 27.4. The molecule has 2 aliphatic carbocycles. The number of aryl methyl sites for hydroxylation is 1. The molecule has 22 nitrogen and oxygen atoms in total. The molecule has 11 amide bonds. The molecule has 4 N–H and O–H groups in total. The smallest absolute Gasteiger partial charge is 0.351 e. The zero-order valence-corrected chi connectivity index (χ0v) is 57.5. The monoisotopic (exact) mass is 1380 g/mol. The molecule has 0 bridgehead atoms. The van der Waals surface area contributed by atoms with Crippen molar-refractivity contribution in [1.82, 2.24) is 55.6 Å². The second kappa shape index (κ2) is 33.2. The van der Waals surface area contributed by atoms with E-state index in [-0.39, 0.29) is 80.9 Å². The number of nitrogens with zero attached hydrogens (tertiary/aromatic N) is 7. The SMILES string of the molecule is CC[C@H](C)[C@@H]1NC(=O)[C@H](CC(C)C)N(C)C(=O)C[C@@H](C)NC(=O)[C@H](C2CCCC2)N(C)C(=O)C2(CCCC2)NC(=O)[C@@H]2CCCN2C(=O)[C@H](CCc2ccc(C(F)(F)F)c(Cl)c2)NC(=O)CN(C)C(=O)[C@H](Cc2ccc(C(F)(F)F)cc2)N(C)C(=O)CN(C)C(=O)CN(C)C1=O. The summed E-state index contributed by atoms with van der Waals surface area (Å²) in [4.78, 5) is 168. The van der Waals surface area contributed by atoms with Gasteiger partial charge in [-0.05, 0) is 118 Å². The van der Waals surface area contributed by atoms with E-state index < -0.39 is 173 Å². The summed E-state index contributed by atoms with van der Waals surface area (Å²) in [5.74, 6) is -8.90. The van der Waals surface area contributed by atoms with Crippen LogP contribution in [-0.4, -0.2) is 216 Å². The summed E-state index contributed by atoms with van der Waals surface area (Å²) in [6, 6.07) is -1.72.